The summed E-state index contributed by atoms with van der Waals surface area (Å²) in [4.78, 5) is 20.7. The van der Waals surface area contributed by atoms with E-state index in [-0.39, 0.29) is 30.3 Å². The predicted molar refractivity (Wildman–Crippen MR) is 65.5 cm³/mol. The van der Waals surface area contributed by atoms with Crippen LogP contribution in [0.25, 0.3) is 0 Å². The predicted octanol–water partition coefficient (Wildman–Crippen LogP) is 1.10. The summed E-state index contributed by atoms with van der Waals surface area (Å²) in [5, 5.41) is 26.4. The molecule has 21 heavy (non-hydrogen) atoms. The third-order valence-corrected chi connectivity index (χ3v) is 2.45. The number of carbonyl (C=O) groups is 1. The molecule has 0 saturated carbocycles. The molecule has 0 amide bonds. The Bertz CT molecular complexity index is 687. The molecule has 1 aromatic heterocycles. The van der Waals surface area contributed by atoms with Gasteiger partial charge in [0.05, 0.1) is 17.7 Å². The number of aromatic nitrogens is 3. The molecule has 0 saturated heterocycles. The van der Waals surface area contributed by atoms with Crippen LogP contribution in [0.1, 0.15) is 10.5 Å². The highest BCUT2D eigenvalue weighted by Crippen LogP contribution is 2.27. The average molecular weight is 296 g/mol. The van der Waals surface area contributed by atoms with Gasteiger partial charge < -0.3 is 9.84 Å². The minimum absolute atomic E-state index is 0.0628. The molecule has 110 valence electrons. The van der Waals surface area contributed by atoms with E-state index in [1.807, 2.05) is 0 Å². The van der Waals surface area contributed by atoms with Gasteiger partial charge in [-0.1, -0.05) is 5.21 Å². The highest BCUT2D eigenvalue weighted by atomic mass is 19.1. The Morgan fingerprint density at radius 2 is 2.29 bits per heavy atom. The highest BCUT2D eigenvalue weighted by molar-refractivity contribution is 5.84. The maximum Gasteiger partial charge on any atom is 0.358 e. The van der Waals surface area contributed by atoms with E-state index in [0.29, 0.717) is 0 Å². The lowest BCUT2D eigenvalue weighted by Gasteiger charge is -2.06. The number of carboxylic acids is 1. The number of nitrogens with zero attached hydrogens (tertiary/aromatic N) is 4. The summed E-state index contributed by atoms with van der Waals surface area (Å²) in [5.41, 5.74) is -0.590. The molecule has 0 fully saturated rings. The Labute approximate surface area is 116 Å². The van der Waals surface area contributed by atoms with Crippen LogP contribution in [-0.2, 0) is 6.54 Å². The fourth-order valence-corrected chi connectivity index (χ4v) is 1.51. The number of nitro benzene ring substituents is 1. The van der Waals surface area contributed by atoms with Crippen LogP contribution in [0.3, 0.4) is 0 Å². The molecule has 2 rings (SSSR count). The normalized spacial score (nSPS) is 10.3. The first kappa shape index (κ1) is 14.4. The van der Waals surface area contributed by atoms with E-state index in [1.165, 1.54) is 10.9 Å². The number of aromatic carboxylic acids is 1. The lowest BCUT2D eigenvalue weighted by molar-refractivity contribution is -0.385. The van der Waals surface area contributed by atoms with Crippen LogP contribution in [-0.4, -0.2) is 37.6 Å². The maximum atomic E-state index is 13.1. The van der Waals surface area contributed by atoms with Crippen molar-refractivity contribution in [1.82, 2.24) is 15.0 Å². The Kier molecular flexibility index (Phi) is 4.07. The van der Waals surface area contributed by atoms with Gasteiger partial charge in [0.25, 0.3) is 0 Å². The van der Waals surface area contributed by atoms with E-state index in [9.17, 15) is 19.3 Å². The number of benzene rings is 1. The van der Waals surface area contributed by atoms with Crippen molar-refractivity contribution in [2.24, 2.45) is 0 Å². The Morgan fingerprint density at radius 3 is 2.90 bits per heavy atom. The SMILES string of the molecule is O=C(O)c1cn(CCOc2cc(F)ccc2[N+](=O)[O-])nn1. The van der Waals surface area contributed by atoms with Crippen molar-refractivity contribution < 1.29 is 24.0 Å². The van der Waals surface area contributed by atoms with Crippen LogP contribution in [0.4, 0.5) is 10.1 Å². The van der Waals surface area contributed by atoms with Gasteiger partial charge in [0.1, 0.15) is 12.4 Å². The molecule has 0 bridgehead atoms. The minimum Gasteiger partial charge on any atom is -0.485 e. The Morgan fingerprint density at radius 1 is 1.52 bits per heavy atom. The van der Waals surface area contributed by atoms with E-state index in [0.717, 1.165) is 18.2 Å². The van der Waals surface area contributed by atoms with Gasteiger partial charge in [0, 0.05) is 12.1 Å². The van der Waals surface area contributed by atoms with Crippen LogP contribution < -0.4 is 4.74 Å². The number of ether oxygens (including phenoxy) is 1. The van der Waals surface area contributed by atoms with Crippen molar-refractivity contribution in [2.45, 2.75) is 6.54 Å². The fourth-order valence-electron chi connectivity index (χ4n) is 1.51. The smallest absolute Gasteiger partial charge is 0.358 e. The van der Waals surface area contributed by atoms with Crippen molar-refractivity contribution in [3.05, 3.63) is 46.0 Å². The quantitative estimate of drug-likeness (QED) is 0.625. The topological polar surface area (TPSA) is 120 Å². The van der Waals surface area contributed by atoms with Crippen LogP contribution in [0, 0.1) is 15.9 Å². The molecule has 1 aromatic carbocycles. The number of carboxylic acid groups (broad SMARTS) is 1. The first-order chi connectivity index (χ1) is 9.97. The summed E-state index contributed by atoms with van der Waals surface area (Å²) >= 11 is 0. The molecular formula is C11H9FN4O5. The Balaban J connectivity index is 2.01. The standard InChI is InChI=1S/C11H9FN4O5/c12-7-1-2-9(16(19)20)10(5-7)21-4-3-15-6-8(11(17)18)13-14-15/h1-2,5-6H,3-4H2,(H,17,18). The van der Waals surface area contributed by atoms with Gasteiger partial charge in [0.15, 0.2) is 11.4 Å². The summed E-state index contributed by atoms with van der Waals surface area (Å²) in [5.74, 6) is -2.09. The number of hydrogen-bond acceptors (Lipinski definition) is 6. The lowest BCUT2D eigenvalue weighted by atomic mass is 10.3. The maximum absolute atomic E-state index is 13.1. The van der Waals surface area contributed by atoms with E-state index >= 15 is 0 Å². The van der Waals surface area contributed by atoms with Crippen LogP contribution in [0.15, 0.2) is 24.4 Å². The number of rotatable bonds is 6. The van der Waals surface area contributed by atoms with Gasteiger partial charge in [-0.15, -0.1) is 5.10 Å². The molecule has 0 aliphatic rings. The molecule has 0 aliphatic carbocycles. The molecule has 0 atom stereocenters. The molecule has 9 nitrogen and oxygen atoms in total. The number of hydrogen-bond donors (Lipinski definition) is 1. The van der Waals surface area contributed by atoms with E-state index in [1.54, 1.807) is 0 Å². The van der Waals surface area contributed by atoms with Crippen molar-refractivity contribution >= 4 is 11.7 Å². The van der Waals surface area contributed by atoms with Crippen molar-refractivity contribution in [3.63, 3.8) is 0 Å². The number of halogens is 1. The van der Waals surface area contributed by atoms with Crippen LogP contribution >= 0.6 is 0 Å². The monoisotopic (exact) mass is 296 g/mol. The summed E-state index contributed by atoms with van der Waals surface area (Å²) in [6, 6.07) is 2.87. The van der Waals surface area contributed by atoms with Gasteiger partial charge >= 0.3 is 11.7 Å². The molecule has 0 aliphatic heterocycles. The molecule has 1 N–H and O–H groups in total. The second-order valence-electron chi connectivity index (χ2n) is 3.89. The van der Waals surface area contributed by atoms with Crippen LogP contribution in [0.2, 0.25) is 0 Å². The molecule has 0 radical (unpaired) electrons. The minimum atomic E-state index is -1.22. The zero-order valence-electron chi connectivity index (χ0n) is 10.5. The van der Waals surface area contributed by atoms with E-state index < -0.39 is 16.7 Å². The third kappa shape index (κ3) is 3.49. The van der Waals surface area contributed by atoms with Crippen molar-refractivity contribution in [1.29, 1.82) is 0 Å². The zero-order valence-corrected chi connectivity index (χ0v) is 10.5. The largest absolute Gasteiger partial charge is 0.485 e. The Hall–Kier alpha value is -3.04. The summed E-state index contributed by atoms with van der Waals surface area (Å²) in [6.45, 7) is 0.0423. The van der Waals surface area contributed by atoms with Crippen molar-refractivity contribution in [2.75, 3.05) is 6.61 Å². The fraction of sp³-hybridized carbons (Fsp3) is 0.182. The molecule has 0 spiro atoms. The van der Waals surface area contributed by atoms with E-state index in [4.69, 9.17) is 9.84 Å². The van der Waals surface area contributed by atoms with Gasteiger partial charge in [-0.2, -0.15) is 0 Å². The third-order valence-electron chi connectivity index (χ3n) is 2.45. The molecule has 2 aromatic rings. The van der Waals surface area contributed by atoms with Gasteiger partial charge in [0.2, 0.25) is 0 Å². The lowest BCUT2D eigenvalue weighted by Crippen LogP contribution is -2.10. The van der Waals surface area contributed by atoms with Gasteiger partial charge in [-0.3, -0.25) is 10.1 Å². The second-order valence-corrected chi connectivity index (χ2v) is 3.89. The highest BCUT2D eigenvalue weighted by Gasteiger charge is 2.16. The average Bonchev–Trinajstić information content (AvgIpc) is 2.87. The van der Waals surface area contributed by atoms with E-state index in [2.05, 4.69) is 10.3 Å². The first-order valence-corrected chi connectivity index (χ1v) is 5.67. The summed E-state index contributed by atoms with van der Waals surface area (Å²) in [7, 11) is 0. The van der Waals surface area contributed by atoms with Gasteiger partial charge in [-0.05, 0) is 6.07 Å². The second kappa shape index (κ2) is 5.94. The molecule has 0 unspecified atom stereocenters. The van der Waals surface area contributed by atoms with Crippen molar-refractivity contribution in [3.8, 4) is 5.75 Å². The molecular weight excluding hydrogens is 287 g/mol. The summed E-state index contributed by atoms with van der Waals surface area (Å²) < 4.78 is 19.4. The van der Waals surface area contributed by atoms with Crippen LogP contribution in [0.5, 0.6) is 5.75 Å². The molecule has 10 heteroatoms. The van der Waals surface area contributed by atoms with Gasteiger partial charge in [-0.25, -0.2) is 13.9 Å². The number of nitro groups is 1. The summed E-state index contributed by atoms with van der Waals surface area (Å²) in [6.07, 6.45) is 1.19. The first-order valence-electron chi connectivity index (χ1n) is 5.67. The molecule has 1 heterocycles. The zero-order chi connectivity index (χ0) is 15.4.